The van der Waals surface area contributed by atoms with Gasteiger partial charge < -0.3 is 0 Å². The Morgan fingerprint density at radius 2 is 2.22 bits per heavy atom. The van der Waals surface area contributed by atoms with Gasteiger partial charge in [-0.05, 0) is 34.1 Å². The maximum Gasteiger partial charge on any atom is 0.267 e. The van der Waals surface area contributed by atoms with Gasteiger partial charge in [0, 0.05) is 5.56 Å². The third-order valence-electron chi connectivity index (χ3n) is 2.28. The Morgan fingerprint density at radius 1 is 1.50 bits per heavy atom. The van der Waals surface area contributed by atoms with E-state index in [1.807, 2.05) is 0 Å². The molecule has 0 aliphatic carbocycles. The number of halogens is 2. The van der Waals surface area contributed by atoms with Crippen molar-refractivity contribution in [2.75, 3.05) is 5.75 Å². The lowest BCUT2D eigenvalue weighted by Gasteiger charge is -2.05. The van der Waals surface area contributed by atoms with Crippen LogP contribution in [-0.2, 0) is 15.0 Å². The summed E-state index contributed by atoms with van der Waals surface area (Å²) in [4.78, 5) is 4.95. The zero-order valence-electron chi connectivity index (χ0n) is 8.93. The summed E-state index contributed by atoms with van der Waals surface area (Å²) in [5.41, 5.74) is 3.47. The van der Waals surface area contributed by atoms with Gasteiger partial charge in [-0.25, -0.2) is 4.39 Å². The minimum atomic E-state index is -4.12. The summed E-state index contributed by atoms with van der Waals surface area (Å²) in [6.45, 7) is 0. The van der Waals surface area contributed by atoms with E-state index in [9.17, 15) is 12.8 Å². The van der Waals surface area contributed by atoms with Gasteiger partial charge in [0.15, 0.2) is 0 Å². The van der Waals surface area contributed by atoms with Crippen molar-refractivity contribution in [2.45, 2.75) is 6.10 Å². The van der Waals surface area contributed by atoms with Gasteiger partial charge in [-0.2, -0.15) is 8.42 Å². The molecule has 98 valence electrons. The molecule has 1 aliphatic heterocycles. The molecule has 0 bridgehead atoms. The Morgan fingerprint density at radius 3 is 2.83 bits per heavy atom. The predicted octanol–water partition coefficient (Wildman–Crippen LogP) is 1.72. The number of rotatable bonds is 3. The van der Waals surface area contributed by atoms with Gasteiger partial charge in [-0.15, -0.1) is 0 Å². The van der Waals surface area contributed by atoms with E-state index in [1.165, 1.54) is 18.2 Å². The second-order valence-electron chi connectivity index (χ2n) is 3.72. The molecule has 1 aliphatic rings. The van der Waals surface area contributed by atoms with E-state index in [-0.39, 0.29) is 0 Å². The highest BCUT2D eigenvalue weighted by molar-refractivity contribution is 9.10. The van der Waals surface area contributed by atoms with Gasteiger partial charge in [-0.3, -0.25) is 14.9 Å². The van der Waals surface area contributed by atoms with Crippen LogP contribution in [0.15, 0.2) is 28.7 Å². The SMILES string of the molecule is O=S(=O)(O)CC1C=C(c2ccc(Br)c(F)c2)NO1. The molecule has 0 radical (unpaired) electrons. The first-order valence-electron chi connectivity index (χ1n) is 4.89. The molecule has 0 saturated carbocycles. The average Bonchev–Trinajstić information content (AvgIpc) is 2.68. The second kappa shape index (κ2) is 4.96. The summed E-state index contributed by atoms with van der Waals surface area (Å²) in [5.74, 6) is -0.990. The Kier molecular flexibility index (Phi) is 3.71. The average molecular weight is 338 g/mol. The number of hydrogen-bond acceptors (Lipinski definition) is 4. The summed E-state index contributed by atoms with van der Waals surface area (Å²) >= 11 is 3.03. The molecular weight excluding hydrogens is 329 g/mol. The summed E-state index contributed by atoms with van der Waals surface area (Å²) in [6.07, 6.45) is 0.665. The molecule has 1 atom stereocenters. The highest BCUT2D eigenvalue weighted by Gasteiger charge is 2.23. The summed E-state index contributed by atoms with van der Waals surface area (Å²) in [6, 6.07) is 4.45. The monoisotopic (exact) mass is 337 g/mol. The van der Waals surface area contributed by atoms with E-state index in [1.54, 1.807) is 6.07 Å². The van der Waals surface area contributed by atoms with Crippen molar-refractivity contribution in [2.24, 2.45) is 0 Å². The molecule has 0 spiro atoms. The number of nitrogens with one attached hydrogen (secondary N) is 1. The second-order valence-corrected chi connectivity index (χ2v) is 6.07. The van der Waals surface area contributed by atoms with Gasteiger partial charge in [0.1, 0.15) is 17.7 Å². The zero-order chi connectivity index (χ0) is 13.3. The molecule has 1 aromatic carbocycles. The minimum absolute atomic E-state index is 0.334. The highest BCUT2D eigenvalue weighted by Crippen LogP contribution is 2.23. The van der Waals surface area contributed by atoms with Crippen molar-refractivity contribution >= 4 is 31.7 Å². The molecule has 0 aromatic heterocycles. The Balaban J connectivity index is 2.20. The van der Waals surface area contributed by atoms with Gasteiger partial charge in [0.05, 0.1) is 10.2 Å². The Bertz CT molecular complexity index is 602. The predicted molar refractivity (Wildman–Crippen MR) is 66.5 cm³/mol. The Labute approximate surface area is 111 Å². The van der Waals surface area contributed by atoms with Gasteiger partial charge in [-0.1, -0.05) is 6.07 Å². The van der Waals surface area contributed by atoms with Crippen LogP contribution in [0.1, 0.15) is 5.56 Å². The van der Waals surface area contributed by atoms with Crippen molar-refractivity contribution in [3.05, 3.63) is 40.1 Å². The molecule has 2 rings (SSSR count). The summed E-state index contributed by atoms with van der Waals surface area (Å²) < 4.78 is 43.7. The molecule has 18 heavy (non-hydrogen) atoms. The van der Waals surface area contributed by atoms with Crippen LogP contribution in [0.4, 0.5) is 4.39 Å². The standard InChI is InChI=1S/C10H9BrFNO4S/c11-8-2-1-6(3-9(8)12)10-4-7(17-13-10)5-18(14,15)16/h1-4,7,13H,5H2,(H,14,15,16). The van der Waals surface area contributed by atoms with Gasteiger partial charge in [0.25, 0.3) is 10.1 Å². The number of hydrogen-bond donors (Lipinski definition) is 2. The van der Waals surface area contributed by atoms with Gasteiger partial charge in [0.2, 0.25) is 0 Å². The van der Waals surface area contributed by atoms with E-state index in [0.717, 1.165) is 0 Å². The fourth-order valence-electron chi connectivity index (χ4n) is 1.50. The maximum absolute atomic E-state index is 13.3. The van der Waals surface area contributed by atoms with Crippen molar-refractivity contribution in [3.8, 4) is 0 Å². The van der Waals surface area contributed by atoms with Crippen molar-refractivity contribution < 1.29 is 22.2 Å². The van der Waals surface area contributed by atoms with E-state index in [2.05, 4.69) is 21.4 Å². The van der Waals surface area contributed by atoms with E-state index in [0.29, 0.717) is 15.7 Å². The highest BCUT2D eigenvalue weighted by atomic mass is 79.9. The minimum Gasteiger partial charge on any atom is -0.285 e. The van der Waals surface area contributed by atoms with Crippen molar-refractivity contribution in [3.63, 3.8) is 0 Å². The molecule has 0 fully saturated rings. The van der Waals surface area contributed by atoms with Crippen LogP contribution in [-0.4, -0.2) is 24.8 Å². The quantitative estimate of drug-likeness (QED) is 0.821. The van der Waals surface area contributed by atoms with Crippen LogP contribution >= 0.6 is 15.9 Å². The van der Waals surface area contributed by atoms with Crippen LogP contribution in [0, 0.1) is 5.82 Å². The van der Waals surface area contributed by atoms with Crippen LogP contribution in [0.3, 0.4) is 0 Å². The van der Waals surface area contributed by atoms with E-state index >= 15 is 0 Å². The fourth-order valence-corrected chi connectivity index (χ4v) is 2.33. The lowest BCUT2D eigenvalue weighted by atomic mass is 10.1. The van der Waals surface area contributed by atoms with Gasteiger partial charge >= 0.3 is 0 Å². The normalized spacial score (nSPS) is 19.5. The molecule has 1 heterocycles. The first-order valence-corrected chi connectivity index (χ1v) is 7.29. The maximum atomic E-state index is 13.3. The summed E-state index contributed by atoms with van der Waals surface area (Å²) in [5, 5.41) is 0. The topological polar surface area (TPSA) is 75.6 Å². The van der Waals surface area contributed by atoms with Crippen LogP contribution < -0.4 is 5.48 Å². The van der Waals surface area contributed by atoms with Crippen LogP contribution in [0.5, 0.6) is 0 Å². The smallest absolute Gasteiger partial charge is 0.267 e. The molecule has 5 nitrogen and oxygen atoms in total. The lowest BCUT2D eigenvalue weighted by Crippen LogP contribution is -2.21. The summed E-state index contributed by atoms with van der Waals surface area (Å²) in [7, 11) is -4.12. The first-order chi connectivity index (χ1) is 8.35. The first kappa shape index (κ1) is 13.5. The molecule has 1 aromatic rings. The third-order valence-corrected chi connectivity index (χ3v) is 3.67. The van der Waals surface area contributed by atoms with Crippen LogP contribution in [0.25, 0.3) is 5.70 Å². The molecule has 1 unspecified atom stereocenters. The molecular formula is C10H9BrFNO4S. The van der Waals surface area contributed by atoms with E-state index in [4.69, 9.17) is 9.39 Å². The lowest BCUT2D eigenvalue weighted by molar-refractivity contribution is 0.0634. The molecule has 0 saturated heterocycles. The largest absolute Gasteiger partial charge is 0.285 e. The third kappa shape index (κ3) is 3.29. The molecule has 0 amide bonds. The fraction of sp³-hybridized carbons (Fsp3) is 0.200. The van der Waals surface area contributed by atoms with Crippen molar-refractivity contribution in [1.82, 2.24) is 5.48 Å². The molecule has 2 N–H and O–H groups in total. The van der Waals surface area contributed by atoms with E-state index < -0.39 is 27.8 Å². The Hall–Kier alpha value is -0.960. The number of benzene rings is 1. The van der Waals surface area contributed by atoms with Crippen molar-refractivity contribution in [1.29, 1.82) is 0 Å². The zero-order valence-corrected chi connectivity index (χ0v) is 11.3. The molecule has 8 heteroatoms. The van der Waals surface area contributed by atoms with Crippen LogP contribution in [0.2, 0.25) is 0 Å². The number of hydroxylamine groups is 1.